The number of thiazole rings is 1. The lowest BCUT2D eigenvalue weighted by molar-refractivity contribution is 0.196. The highest BCUT2D eigenvalue weighted by Crippen LogP contribution is 2.26. The Hall–Kier alpha value is -0.900. The second-order valence-electron chi connectivity index (χ2n) is 3.69. The van der Waals surface area contributed by atoms with E-state index in [-0.39, 0.29) is 6.10 Å². The predicted molar refractivity (Wildman–Crippen MR) is 67.9 cm³/mol. The van der Waals surface area contributed by atoms with Crippen LogP contribution >= 0.6 is 22.9 Å². The first-order valence-corrected chi connectivity index (χ1v) is 6.23. The summed E-state index contributed by atoms with van der Waals surface area (Å²) >= 11 is 7.43. The molecule has 1 N–H and O–H groups in total. The van der Waals surface area contributed by atoms with Crippen molar-refractivity contribution in [3.05, 3.63) is 40.4 Å². The third-order valence-electron chi connectivity index (χ3n) is 2.14. The van der Waals surface area contributed by atoms with Crippen molar-refractivity contribution >= 4 is 22.9 Å². The largest absolute Gasteiger partial charge is 0.393 e. The molecule has 2 nitrogen and oxygen atoms in total. The van der Waals surface area contributed by atoms with Crippen molar-refractivity contribution < 1.29 is 5.11 Å². The van der Waals surface area contributed by atoms with Gasteiger partial charge >= 0.3 is 0 Å². The van der Waals surface area contributed by atoms with Crippen LogP contribution in [-0.2, 0) is 6.42 Å². The molecule has 0 saturated heterocycles. The van der Waals surface area contributed by atoms with Gasteiger partial charge in [-0.1, -0.05) is 23.7 Å². The molecule has 0 aliphatic rings. The van der Waals surface area contributed by atoms with Gasteiger partial charge in [0, 0.05) is 28.1 Å². The van der Waals surface area contributed by atoms with Gasteiger partial charge in [-0.2, -0.15) is 0 Å². The first kappa shape index (κ1) is 11.6. The summed E-state index contributed by atoms with van der Waals surface area (Å²) < 4.78 is 0. The van der Waals surface area contributed by atoms with Crippen molar-refractivity contribution in [2.45, 2.75) is 19.4 Å². The fraction of sp³-hybridized carbons (Fsp3) is 0.250. The number of aliphatic hydroxyl groups excluding tert-OH is 1. The third-order valence-corrected chi connectivity index (χ3v) is 3.46. The van der Waals surface area contributed by atoms with Crippen LogP contribution in [0.4, 0.5) is 0 Å². The van der Waals surface area contributed by atoms with Crippen molar-refractivity contribution in [1.82, 2.24) is 4.98 Å². The Morgan fingerprint density at radius 3 is 2.69 bits per heavy atom. The highest BCUT2D eigenvalue weighted by atomic mass is 35.5. The molecule has 16 heavy (non-hydrogen) atoms. The summed E-state index contributed by atoms with van der Waals surface area (Å²) in [5, 5.41) is 11.0. The van der Waals surface area contributed by atoms with Crippen LogP contribution in [0, 0.1) is 0 Å². The first-order valence-electron chi connectivity index (χ1n) is 5.04. The topological polar surface area (TPSA) is 33.1 Å². The quantitative estimate of drug-likeness (QED) is 0.910. The van der Waals surface area contributed by atoms with Gasteiger partial charge in [-0.25, -0.2) is 4.98 Å². The number of hydrogen-bond acceptors (Lipinski definition) is 3. The molecule has 4 heteroatoms. The van der Waals surface area contributed by atoms with Gasteiger partial charge < -0.3 is 5.11 Å². The van der Waals surface area contributed by atoms with Gasteiger partial charge in [-0.3, -0.25) is 0 Å². The van der Waals surface area contributed by atoms with Crippen LogP contribution in [0.3, 0.4) is 0 Å². The van der Waals surface area contributed by atoms with Crippen molar-refractivity contribution in [2.24, 2.45) is 0 Å². The molecule has 2 aromatic rings. The van der Waals surface area contributed by atoms with E-state index in [1.807, 2.05) is 30.5 Å². The molecule has 0 fully saturated rings. The summed E-state index contributed by atoms with van der Waals surface area (Å²) in [5.74, 6) is 0. The van der Waals surface area contributed by atoms with E-state index in [9.17, 15) is 5.11 Å². The van der Waals surface area contributed by atoms with Crippen LogP contribution < -0.4 is 0 Å². The van der Waals surface area contributed by atoms with Gasteiger partial charge in [0.25, 0.3) is 0 Å². The number of benzene rings is 1. The SMILES string of the molecule is CC(O)Cc1cnc(-c2ccc(Cl)cc2)s1. The smallest absolute Gasteiger partial charge is 0.123 e. The first-order chi connectivity index (χ1) is 7.65. The van der Waals surface area contributed by atoms with Crippen molar-refractivity contribution in [3.63, 3.8) is 0 Å². The number of hydrogen-bond donors (Lipinski definition) is 1. The highest BCUT2D eigenvalue weighted by molar-refractivity contribution is 7.15. The van der Waals surface area contributed by atoms with E-state index in [1.165, 1.54) is 0 Å². The minimum atomic E-state index is -0.321. The molecule has 0 radical (unpaired) electrons. The van der Waals surface area contributed by atoms with Gasteiger partial charge in [0.05, 0.1) is 6.10 Å². The molecule has 84 valence electrons. The molecule has 1 heterocycles. The molecule has 2 rings (SSSR count). The number of aliphatic hydroxyl groups is 1. The molecule has 1 unspecified atom stereocenters. The number of aromatic nitrogens is 1. The monoisotopic (exact) mass is 253 g/mol. The average molecular weight is 254 g/mol. The van der Waals surface area contributed by atoms with E-state index in [2.05, 4.69) is 4.98 Å². The van der Waals surface area contributed by atoms with Crippen LogP contribution in [-0.4, -0.2) is 16.2 Å². The lowest BCUT2D eigenvalue weighted by Gasteiger charge is -1.98. The Labute approximate surface area is 104 Å². The summed E-state index contributed by atoms with van der Waals surface area (Å²) in [6.07, 6.45) is 2.16. The fourth-order valence-corrected chi connectivity index (χ4v) is 2.58. The lowest BCUT2D eigenvalue weighted by atomic mass is 10.2. The third kappa shape index (κ3) is 2.82. The van der Waals surface area contributed by atoms with Gasteiger partial charge in [0.2, 0.25) is 0 Å². The molecule has 0 aliphatic heterocycles. The zero-order valence-electron chi connectivity index (χ0n) is 8.85. The lowest BCUT2D eigenvalue weighted by Crippen LogP contribution is -2.01. The van der Waals surface area contributed by atoms with Crippen LogP contribution in [0.2, 0.25) is 5.02 Å². The highest BCUT2D eigenvalue weighted by Gasteiger charge is 2.06. The zero-order chi connectivity index (χ0) is 11.5. The van der Waals surface area contributed by atoms with Crippen molar-refractivity contribution in [2.75, 3.05) is 0 Å². The standard InChI is InChI=1S/C12H12ClNOS/c1-8(15)6-11-7-14-12(16-11)9-2-4-10(13)5-3-9/h2-5,7-8,15H,6H2,1H3. The number of rotatable bonds is 3. The predicted octanol–water partition coefficient (Wildman–Crippen LogP) is 3.39. The van der Waals surface area contributed by atoms with Crippen molar-refractivity contribution in [3.8, 4) is 10.6 Å². The Morgan fingerprint density at radius 1 is 1.38 bits per heavy atom. The molecule has 1 aromatic carbocycles. The maximum Gasteiger partial charge on any atom is 0.123 e. The Kier molecular flexibility index (Phi) is 3.59. The van der Waals surface area contributed by atoms with Gasteiger partial charge in [0.1, 0.15) is 5.01 Å². The molecular formula is C12H12ClNOS. The average Bonchev–Trinajstić information content (AvgIpc) is 2.66. The second kappa shape index (κ2) is 4.95. The van der Waals surface area contributed by atoms with E-state index < -0.39 is 0 Å². The molecular weight excluding hydrogens is 242 g/mol. The normalized spacial score (nSPS) is 12.7. The van der Waals surface area contributed by atoms with Gasteiger partial charge in [-0.15, -0.1) is 11.3 Å². The van der Waals surface area contributed by atoms with E-state index in [0.717, 1.165) is 20.5 Å². The van der Waals surface area contributed by atoms with Crippen molar-refractivity contribution in [1.29, 1.82) is 0 Å². The van der Waals surface area contributed by atoms with Crippen LogP contribution in [0.15, 0.2) is 30.5 Å². The molecule has 0 amide bonds. The summed E-state index contributed by atoms with van der Waals surface area (Å²) in [6, 6.07) is 7.61. The molecule has 0 saturated carbocycles. The summed E-state index contributed by atoms with van der Waals surface area (Å²) in [7, 11) is 0. The van der Waals surface area contributed by atoms with Crippen LogP contribution in [0.5, 0.6) is 0 Å². The summed E-state index contributed by atoms with van der Waals surface area (Å²) in [5.41, 5.74) is 1.06. The summed E-state index contributed by atoms with van der Waals surface area (Å²) in [6.45, 7) is 1.78. The van der Waals surface area contributed by atoms with E-state index in [1.54, 1.807) is 18.3 Å². The second-order valence-corrected chi connectivity index (χ2v) is 5.24. The Bertz CT molecular complexity index is 464. The van der Waals surface area contributed by atoms with Gasteiger partial charge in [-0.05, 0) is 19.1 Å². The molecule has 1 atom stereocenters. The Morgan fingerprint density at radius 2 is 2.06 bits per heavy atom. The number of nitrogens with zero attached hydrogens (tertiary/aromatic N) is 1. The molecule has 0 bridgehead atoms. The van der Waals surface area contributed by atoms with Gasteiger partial charge in [0.15, 0.2) is 0 Å². The van der Waals surface area contributed by atoms with E-state index in [0.29, 0.717) is 6.42 Å². The van der Waals surface area contributed by atoms with Crippen LogP contribution in [0.25, 0.3) is 10.6 Å². The van der Waals surface area contributed by atoms with E-state index in [4.69, 9.17) is 11.6 Å². The molecule has 1 aromatic heterocycles. The minimum absolute atomic E-state index is 0.321. The minimum Gasteiger partial charge on any atom is -0.393 e. The maximum absolute atomic E-state index is 9.28. The molecule has 0 aliphatic carbocycles. The van der Waals surface area contributed by atoms with Crippen LogP contribution in [0.1, 0.15) is 11.8 Å². The molecule has 0 spiro atoms. The number of halogens is 1. The maximum atomic E-state index is 9.28. The van der Waals surface area contributed by atoms with E-state index >= 15 is 0 Å². The Balaban J connectivity index is 2.21. The zero-order valence-corrected chi connectivity index (χ0v) is 10.4. The fourth-order valence-electron chi connectivity index (χ4n) is 1.42. The summed E-state index contributed by atoms with van der Waals surface area (Å²) in [4.78, 5) is 5.43.